The molecule has 6 nitrogen and oxygen atoms in total. The highest BCUT2D eigenvalue weighted by molar-refractivity contribution is 5.74. The average Bonchev–Trinajstić information content (AvgIpc) is 3.17. The fourth-order valence-corrected chi connectivity index (χ4v) is 3.06. The number of nitrogens with zero attached hydrogens (tertiary/aromatic N) is 2. The summed E-state index contributed by atoms with van der Waals surface area (Å²) in [5.74, 6) is 0.841. The van der Waals surface area contributed by atoms with Gasteiger partial charge in [-0.05, 0) is 18.2 Å². The Hall–Kier alpha value is -3.28. The Balaban J connectivity index is 1.35. The molecule has 6 heteroatoms. The van der Waals surface area contributed by atoms with Crippen LogP contribution in [0.25, 0.3) is 5.69 Å². The van der Waals surface area contributed by atoms with Gasteiger partial charge >= 0.3 is 6.03 Å². The van der Waals surface area contributed by atoms with Crippen molar-refractivity contribution in [3.63, 3.8) is 0 Å². The molecular weight excluding hydrogens is 328 g/mol. The number of para-hydroxylation sites is 2. The Bertz CT molecular complexity index is 892. The Morgan fingerprint density at radius 1 is 1.15 bits per heavy atom. The summed E-state index contributed by atoms with van der Waals surface area (Å²) < 4.78 is 7.42. The van der Waals surface area contributed by atoms with Gasteiger partial charge in [-0.25, -0.2) is 9.48 Å². The summed E-state index contributed by atoms with van der Waals surface area (Å²) >= 11 is 0. The van der Waals surface area contributed by atoms with E-state index >= 15 is 0 Å². The van der Waals surface area contributed by atoms with Crippen molar-refractivity contribution in [2.75, 3.05) is 6.61 Å². The molecule has 1 aliphatic rings. The van der Waals surface area contributed by atoms with Gasteiger partial charge in [-0.1, -0.05) is 36.4 Å². The summed E-state index contributed by atoms with van der Waals surface area (Å²) in [6.07, 6.45) is 4.44. The third-order valence-corrected chi connectivity index (χ3v) is 4.37. The first-order valence-corrected chi connectivity index (χ1v) is 8.65. The zero-order chi connectivity index (χ0) is 17.8. The smallest absolute Gasteiger partial charge is 0.315 e. The van der Waals surface area contributed by atoms with E-state index in [9.17, 15) is 4.79 Å². The Kier molecular flexibility index (Phi) is 4.55. The largest absolute Gasteiger partial charge is 0.493 e. The van der Waals surface area contributed by atoms with E-state index in [1.54, 1.807) is 10.9 Å². The third kappa shape index (κ3) is 3.54. The molecule has 0 saturated carbocycles. The topological polar surface area (TPSA) is 68.2 Å². The second-order valence-electron chi connectivity index (χ2n) is 6.18. The summed E-state index contributed by atoms with van der Waals surface area (Å²) in [7, 11) is 0. The van der Waals surface area contributed by atoms with E-state index in [1.807, 2.05) is 60.8 Å². The lowest BCUT2D eigenvalue weighted by Crippen LogP contribution is -2.39. The highest BCUT2D eigenvalue weighted by Gasteiger charge is 2.22. The molecule has 26 heavy (non-hydrogen) atoms. The van der Waals surface area contributed by atoms with Crippen molar-refractivity contribution in [3.05, 3.63) is 78.1 Å². The molecule has 2 N–H and O–H groups in total. The summed E-state index contributed by atoms with van der Waals surface area (Å²) in [6, 6.07) is 17.5. The number of carbonyl (C=O) groups excluding carboxylic acids is 1. The lowest BCUT2D eigenvalue weighted by Gasteiger charge is -2.26. The number of hydrogen-bond donors (Lipinski definition) is 2. The number of rotatable bonds is 4. The van der Waals surface area contributed by atoms with Gasteiger partial charge < -0.3 is 15.4 Å². The molecule has 0 spiro atoms. The maximum Gasteiger partial charge on any atom is 0.315 e. The van der Waals surface area contributed by atoms with Gasteiger partial charge in [0.25, 0.3) is 0 Å². The van der Waals surface area contributed by atoms with Crippen LogP contribution in [0.5, 0.6) is 5.75 Å². The van der Waals surface area contributed by atoms with Crippen LogP contribution in [0, 0.1) is 0 Å². The number of carbonyl (C=O) groups is 1. The second kappa shape index (κ2) is 7.31. The number of hydrogen-bond acceptors (Lipinski definition) is 3. The van der Waals surface area contributed by atoms with Crippen molar-refractivity contribution in [1.29, 1.82) is 0 Å². The minimum Gasteiger partial charge on any atom is -0.493 e. The molecule has 0 unspecified atom stereocenters. The highest BCUT2D eigenvalue weighted by Crippen LogP contribution is 2.31. The second-order valence-corrected chi connectivity index (χ2v) is 6.18. The van der Waals surface area contributed by atoms with Crippen molar-refractivity contribution in [2.24, 2.45) is 0 Å². The maximum absolute atomic E-state index is 12.3. The molecule has 4 rings (SSSR count). The minimum absolute atomic E-state index is 0.0352. The van der Waals surface area contributed by atoms with Crippen molar-refractivity contribution >= 4 is 6.03 Å². The summed E-state index contributed by atoms with van der Waals surface area (Å²) in [6.45, 7) is 1.02. The molecular formula is C20H20N4O2. The summed E-state index contributed by atoms with van der Waals surface area (Å²) in [5.41, 5.74) is 2.95. The predicted molar refractivity (Wildman–Crippen MR) is 98.2 cm³/mol. The van der Waals surface area contributed by atoms with Crippen LogP contribution in [0.15, 0.2) is 67.0 Å². The van der Waals surface area contributed by atoms with E-state index in [1.165, 1.54) is 0 Å². The molecule has 1 atom stereocenters. The quantitative estimate of drug-likeness (QED) is 0.761. The van der Waals surface area contributed by atoms with Gasteiger partial charge in [-0.2, -0.15) is 5.10 Å². The first kappa shape index (κ1) is 16.2. The zero-order valence-electron chi connectivity index (χ0n) is 14.3. The van der Waals surface area contributed by atoms with E-state index < -0.39 is 0 Å². The Morgan fingerprint density at radius 2 is 1.96 bits per heavy atom. The number of aromatic nitrogens is 2. The van der Waals surface area contributed by atoms with Gasteiger partial charge in [-0.3, -0.25) is 0 Å². The van der Waals surface area contributed by atoms with Gasteiger partial charge in [-0.15, -0.1) is 0 Å². The molecule has 1 aliphatic heterocycles. The molecule has 0 bridgehead atoms. The monoisotopic (exact) mass is 348 g/mol. The van der Waals surface area contributed by atoms with E-state index in [0.29, 0.717) is 13.2 Å². The van der Waals surface area contributed by atoms with E-state index in [0.717, 1.165) is 29.0 Å². The first-order chi connectivity index (χ1) is 12.8. The minimum atomic E-state index is -0.195. The van der Waals surface area contributed by atoms with Crippen molar-refractivity contribution in [2.45, 2.75) is 19.0 Å². The van der Waals surface area contributed by atoms with Crippen LogP contribution < -0.4 is 15.4 Å². The Labute approximate surface area is 151 Å². The molecule has 0 radical (unpaired) electrons. The highest BCUT2D eigenvalue weighted by atomic mass is 16.5. The normalized spacial score (nSPS) is 15.6. The number of ether oxygens (including phenoxy) is 1. The number of urea groups is 1. The molecule has 1 aromatic heterocycles. The lowest BCUT2D eigenvalue weighted by atomic mass is 10.0. The van der Waals surface area contributed by atoms with Crippen LogP contribution in [0.1, 0.15) is 23.6 Å². The van der Waals surface area contributed by atoms with Crippen LogP contribution in [0.2, 0.25) is 0 Å². The van der Waals surface area contributed by atoms with Crippen LogP contribution >= 0.6 is 0 Å². The predicted octanol–water partition coefficient (Wildman–Crippen LogP) is 3.20. The van der Waals surface area contributed by atoms with Crippen LogP contribution in [-0.2, 0) is 6.54 Å². The molecule has 2 aromatic carbocycles. The lowest BCUT2D eigenvalue weighted by molar-refractivity contribution is 0.223. The third-order valence-electron chi connectivity index (χ3n) is 4.37. The molecule has 0 aliphatic carbocycles. The Morgan fingerprint density at radius 3 is 2.85 bits per heavy atom. The van der Waals surface area contributed by atoms with Crippen molar-refractivity contribution in [1.82, 2.24) is 20.4 Å². The van der Waals surface area contributed by atoms with Crippen LogP contribution in [-0.4, -0.2) is 22.4 Å². The van der Waals surface area contributed by atoms with Crippen molar-refractivity contribution < 1.29 is 9.53 Å². The fraction of sp³-hybridized carbons (Fsp3) is 0.200. The number of nitrogens with one attached hydrogen (secondary N) is 2. The summed E-state index contributed by atoms with van der Waals surface area (Å²) in [4.78, 5) is 12.3. The molecule has 2 amide bonds. The zero-order valence-corrected chi connectivity index (χ0v) is 14.3. The number of amides is 2. The van der Waals surface area contributed by atoms with Gasteiger partial charge in [0, 0.05) is 30.3 Å². The van der Waals surface area contributed by atoms with Crippen LogP contribution in [0.3, 0.4) is 0 Å². The van der Waals surface area contributed by atoms with Gasteiger partial charge in [0.1, 0.15) is 5.75 Å². The average molecular weight is 348 g/mol. The molecule has 0 saturated heterocycles. The van der Waals surface area contributed by atoms with Crippen molar-refractivity contribution in [3.8, 4) is 11.4 Å². The number of fused-ring (bicyclic) bond motifs is 1. The molecule has 2 heterocycles. The number of benzene rings is 2. The molecule has 132 valence electrons. The van der Waals surface area contributed by atoms with Gasteiger partial charge in [0.05, 0.1) is 24.5 Å². The molecule has 3 aromatic rings. The van der Waals surface area contributed by atoms with Crippen LogP contribution in [0.4, 0.5) is 4.79 Å². The fourth-order valence-electron chi connectivity index (χ4n) is 3.06. The molecule has 0 fully saturated rings. The van der Waals surface area contributed by atoms with E-state index in [-0.39, 0.29) is 12.1 Å². The SMILES string of the molecule is O=C(NCc1cnn(-c2ccccc2)c1)N[C@@H]1CCOc2ccccc21. The van der Waals surface area contributed by atoms with E-state index in [2.05, 4.69) is 15.7 Å². The van der Waals surface area contributed by atoms with Gasteiger partial charge in [0.15, 0.2) is 0 Å². The standard InChI is InChI=1S/C20H20N4O2/c25-20(23-18-10-11-26-19-9-5-4-8-17(18)19)21-12-15-13-22-24(14-15)16-6-2-1-3-7-16/h1-9,13-14,18H,10-12H2,(H2,21,23,25)/t18-/m1/s1. The maximum atomic E-state index is 12.3. The van der Waals surface area contributed by atoms with Gasteiger partial charge in [0.2, 0.25) is 0 Å². The summed E-state index contributed by atoms with van der Waals surface area (Å²) in [5, 5.41) is 10.3. The first-order valence-electron chi connectivity index (χ1n) is 8.65. The van der Waals surface area contributed by atoms with E-state index in [4.69, 9.17) is 4.74 Å².